The Hall–Kier alpha value is -1.28. The van der Waals surface area contributed by atoms with Gasteiger partial charge < -0.3 is 24.4 Å². The number of thiophene rings is 2. The van der Waals surface area contributed by atoms with E-state index >= 15 is 0 Å². The van der Waals surface area contributed by atoms with E-state index in [4.69, 9.17) is 24.4 Å². The molecule has 2 aromatic rings. The van der Waals surface area contributed by atoms with Gasteiger partial charge in [-0.1, -0.05) is 0 Å². The first-order valence-electron chi connectivity index (χ1n) is 5.65. The lowest BCUT2D eigenvalue weighted by Gasteiger charge is -2.08. The second-order valence-electron chi connectivity index (χ2n) is 3.39. The standard InChI is InChI=1S/C12H14O5S2/c13-3-5-15-11-9(1-7-18-11)17-10-2-8-19-12(10)16-6-4-14/h1-2,7-8,13-14H,3-6H2. The molecule has 0 spiro atoms. The van der Waals surface area contributed by atoms with Crippen LogP contribution in [0.5, 0.6) is 21.6 Å². The molecule has 0 amide bonds. The van der Waals surface area contributed by atoms with Crippen LogP contribution < -0.4 is 14.2 Å². The largest absolute Gasteiger partial charge is 0.479 e. The third-order valence-corrected chi connectivity index (χ3v) is 3.67. The Morgan fingerprint density at radius 3 is 1.74 bits per heavy atom. The topological polar surface area (TPSA) is 68.2 Å². The summed E-state index contributed by atoms with van der Waals surface area (Å²) in [7, 11) is 0. The lowest BCUT2D eigenvalue weighted by atomic mass is 10.5. The number of aliphatic hydroxyl groups excluding tert-OH is 2. The fourth-order valence-electron chi connectivity index (χ4n) is 1.32. The van der Waals surface area contributed by atoms with Gasteiger partial charge in [0.1, 0.15) is 13.2 Å². The third kappa shape index (κ3) is 3.84. The highest BCUT2D eigenvalue weighted by atomic mass is 32.1. The minimum Gasteiger partial charge on any atom is -0.479 e. The van der Waals surface area contributed by atoms with E-state index in [2.05, 4.69) is 0 Å². The van der Waals surface area contributed by atoms with E-state index < -0.39 is 0 Å². The highest BCUT2D eigenvalue weighted by Gasteiger charge is 2.13. The van der Waals surface area contributed by atoms with E-state index in [9.17, 15) is 0 Å². The van der Waals surface area contributed by atoms with Gasteiger partial charge in [0, 0.05) is 0 Å². The average molecular weight is 302 g/mol. The fourth-order valence-corrected chi connectivity index (χ4v) is 2.71. The van der Waals surface area contributed by atoms with Crippen LogP contribution >= 0.6 is 22.7 Å². The summed E-state index contributed by atoms with van der Waals surface area (Å²) >= 11 is 2.80. The van der Waals surface area contributed by atoms with Crippen LogP contribution in [0.15, 0.2) is 22.9 Å². The maximum absolute atomic E-state index is 8.75. The summed E-state index contributed by atoms with van der Waals surface area (Å²) in [6.07, 6.45) is 0. The molecule has 0 atom stereocenters. The molecule has 104 valence electrons. The summed E-state index contributed by atoms with van der Waals surface area (Å²) in [6.45, 7) is 0.379. The summed E-state index contributed by atoms with van der Waals surface area (Å²) in [5, 5.41) is 22.4. The lowest BCUT2D eigenvalue weighted by molar-refractivity contribution is 0.198. The zero-order valence-corrected chi connectivity index (χ0v) is 11.7. The predicted molar refractivity (Wildman–Crippen MR) is 73.9 cm³/mol. The zero-order chi connectivity index (χ0) is 13.5. The predicted octanol–water partition coefficient (Wildman–Crippen LogP) is 2.34. The molecule has 0 bridgehead atoms. The van der Waals surface area contributed by atoms with Crippen LogP contribution in [-0.2, 0) is 0 Å². The molecule has 0 unspecified atom stereocenters. The molecule has 5 nitrogen and oxygen atoms in total. The third-order valence-electron chi connectivity index (χ3n) is 2.06. The van der Waals surface area contributed by atoms with Crippen molar-refractivity contribution in [2.24, 2.45) is 0 Å². The van der Waals surface area contributed by atoms with Crippen molar-refractivity contribution in [1.82, 2.24) is 0 Å². The van der Waals surface area contributed by atoms with Crippen LogP contribution in [0.3, 0.4) is 0 Å². The van der Waals surface area contributed by atoms with Gasteiger partial charge >= 0.3 is 0 Å². The second-order valence-corrected chi connectivity index (χ2v) is 5.15. The quantitative estimate of drug-likeness (QED) is 0.783. The van der Waals surface area contributed by atoms with E-state index in [1.807, 2.05) is 10.8 Å². The van der Waals surface area contributed by atoms with Gasteiger partial charge in [-0.25, -0.2) is 0 Å². The number of hydrogen-bond donors (Lipinski definition) is 2. The van der Waals surface area contributed by atoms with Crippen molar-refractivity contribution in [3.8, 4) is 21.6 Å². The van der Waals surface area contributed by atoms with Crippen molar-refractivity contribution < 1.29 is 24.4 Å². The second kappa shape index (κ2) is 7.34. The molecule has 2 heterocycles. The van der Waals surface area contributed by atoms with Crippen molar-refractivity contribution in [1.29, 1.82) is 0 Å². The maximum Gasteiger partial charge on any atom is 0.217 e. The van der Waals surface area contributed by atoms with Crippen molar-refractivity contribution >= 4 is 22.7 Å². The summed E-state index contributed by atoms with van der Waals surface area (Å²) in [4.78, 5) is 0. The number of ether oxygens (including phenoxy) is 3. The van der Waals surface area contributed by atoms with Gasteiger partial charge in [-0.15, -0.1) is 22.7 Å². The summed E-state index contributed by atoms with van der Waals surface area (Å²) in [5.74, 6) is 1.18. The van der Waals surface area contributed by atoms with Crippen LogP contribution in [0, 0.1) is 0 Å². The van der Waals surface area contributed by atoms with Gasteiger partial charge in [0.25, 0.3) is 0 Å². The van der Waals surface area contributed by atoms with Crippen LogP contribution in [-0.4, -0.2) is 36.6 Å². The van der Waals surface area contributed by atoms with E-state index in [0.717, 1.165) is 0 Å². The van der Waals surface area contributed by atoms with Crippen molar-refractivity contribution in [2.75, 3.05) is 26.4 Å². The molecule has 2 rings (SSSR count). The van der Waals surface area contributed by atoms with E-state index in [-0.39, 0.29) is 26.4 Å². The molecule has 0 aliphatic rings. The first-order valence-corrected chi connectivity index (χ1v) is 7.41. The van der Waals surface area contributed by atoms with E-state index in [1.54, 1.807) is 12.1 Å². The molecule has 0 saturated heterocycles. The smallest absolute Gasteiger partial charge is 0.217 e. The molecule has 2 aromatic heterocycles. The van der Waals surface area contributed by atoms with Gasteiger partial charge in [-0.2, -0.15) is 0 Å². The number of aliphatic hydroxyl groups is 2. The van der Waals surface area contributed by atoms with Crippen molar-refractivity contribution in [3.63, 3.8) is 0 Å². The molecule has 0 aromatic carbocycles. The van der Waals surface area contributed by atoms with E-state index in [0.29, 0.717) is 21.6 Å². The molecular formula is C12H14O5S2. The molecule has 19 heavy (non-hydrogen) atoms. The SMILES string of the molecule is OCCOc1sccc1Oc1ccsc1OCCO. The van der Waals surface area contributed by atoms with Crippen LogP contribution in [0.25, 0.3) is 0 Å². The zero-order valence-electron chi connectivity index (χ0n) is 10.1. The number of rotatable bonds is 8. The summed E-state index contributed by atoms with van der Waals surface area (Å²) in [6, 6.07) is 3.59. The summed E-state index contributed by atoms with van der Waals surface area (Å²) < 4.78 is 16.4. The fraction of sp³-hybridized carbons (Fsp3) is 0.333. The Bertz CT molecular complexity index is 450. The van der Waals surface area contributed by atoms with Crippen molar-refractivity contribution in [3.05, 3.63) is 22.9 Å². The van der Waals surface area contributed by atoms with Crippen LogP contribution in [0.1, 0.15) is 0 Å². The minimum atomic E-state index is -0.0410. The first kappa shape index (κ1) is 14.1. The Morgan fingerprint density at radius 1 is 0.842 bits per heavy atom. The molecule has 0 aliphatic heterocycles. The molecule has 7 heteroatoms. The Labute approximate surface area is 118 Å². The Morgan fingerprint density at radius 2 is 1.32 bits per heavy atom. The van der Waals surface area contributed by atoms with Gasteiger partial charge in [-0.05, 0) is 22.9 Å². The molecule has 2 N–H and O–H groups in total. The van der Waals surface area contributed by atoms with Gasteiger partial charge in [0.05, 0.1) is 13.2 Å². The van der Waals surface area contributed by atoms with E-state index in [1.165, 1.54) is 22.7 Å². The number of hydrogen-bond acceptors (Lipinski definition) is 7. The maximum atomic E-state index is 8.75. The molecule has 0 fully saturated rings. The monoisotopic (exact) mass is 302 g/mol. The minimum absolute atomic E-state index is 0.0410. The van der Waals surface area contributed by atoms with Crippen molar-refractivity contribution in [2.45, 2.75) is 0 Å². The molecule has 0 radical (unpaired) electrons. The average Bonchev–Trinajstić information content (AvgIpc) is 3.04. The Kier molecular flexibility index (Phi) is 5.46. The highest BCUT2D eigenvalue weighted by Crippen LogP contribution is 2.42. The Balaban J connectivity index is 2.04. The lowest BCUT2D eigenvalue weighted by Crippen LogP contribution is -2.02. The summed E-state index contributed by atoms with van der Waals surface area (Å²) in [5.41, 5.74) is 0. The normalized spacial score (nSPS) is 10.4. The first-order chi connectivity index (χ1) is 9.35. The van der Waals surface area contributed by atoms with Crippen LogP contribution in [0.2, 0.25) is 0 Å². The van der Waals surface area contributed by atoms with Gasteiger partial charge in [-0.3, -0.25) is 0 Å². The molecule has 0 aliphatic carbocycles. The van der Waals surface area contributed by atoms with Gasteiger partial charge in [0.2, 0.25) is 10.1 Å². The van der Waals surface area contributed by atoms with Gasteiger partial charge in [0.15, 0.2) is 11.5 Å². The molecule has 0 saturated carbocycles. The molecular weight excluding hydrogens is 288 g/mol. The van der Waals surface area contributed by atoms with Crippen LogP contribution in [0.4, 0.5) is 0 Å². The highest BCUT2D eigenvalue weighted by molar-refractivity contribution is 7.12.